The molecule has 1 aromatic heterocycles. The summed E-state index contributed by atoms with van der Waals surface area (Å²) in [5.74, 6) is 0.610. The van der Waals surface area contributed by atoms with E-state index in [2.05, 4.69) is 0 Å². The van der Waals surface area contributed by atoms with Gasteiger partial charge in [-0.3, -0.25) is 4.79 Å². The van der Waals surface area contributed by atoms with Gasteiger partial charge < -0.3 is 4.42 Å². The lowest BCUT2D eigenvalue weighted by Gasteiger charge is -2.02. The lowest BCUT2D eigenvalue weighted by Crippen LogP contribution is -2.05. The second kappa shape index (κ2) is 4.94. The van der Waals surface area contributed by atoms with Gasteiger partial charge in [-0.05, 0) is 37.6 Å². The maximum Gasteiger partial charge on any atom is 0.170 e. The summed E-state index contributed by atoms with van der Waals surface area (Å²) in [4.78, 5) is 12.0. The summed E-state index contributed by atoms with van der Waals surface area (Å²) in [7, 11) is 0. The molecule has 0 aliphatic carbocycles. The summed E-state index contributed by atoms with van der Waals surface area (Å²) in [6, 6.07) is 5.97. The molecule has 1 heterocycles. The molecule has 0 saturated carbocycles. The molecule has 0 amide bonds. The van der Waals surface area contributed by atoms with E-state index in [-0.39, 0.29) is 12.2 Å². The average Bonchev–Trinajstić information content (AvgIpc) is 2.62. The molecular formula is C14H12ClFO2. The van der Waals surface area contributed by atoms with E-state index in [4.69, 9.17) is 16.0 Å². The van der Waals surface area contributed by atoms with E-state index in [9.17, 15) is 9.18 Å². The van der Waals surface area contributed by atoms with Gasteiger partial charge in [0.15, 0.2) is 5.78 Å². The molecule has 0 unspecified atom stereocenters. The first-order chi connectivity index (χ1) is 8.47. The van der Waals surface area contributed by atoms with Gasteiger partial charge in [-0.1, -0.05) is 17.7 Å². The summed E-state index contributed by atoms with van der Waals surface area (Å²) >= 11 is 5.66. The fraction of sp³-hybridized carbons (Fsp3) is 0.214. The first-order valence-corrected chi connectivity index (χ1v) is 5.89. The lowest BCUT2D eigenvalue weighted by atomic mass is 10.0. The van der Waals surface area contributed by atoms with Gasteiger partial charge in [-0.25, -0.2) is 4.39 Å². The van der Waals surface area contributed by atoms with Gasteiger partial charge in [-0.2, -0.15) is 0 Å². The van der Waals surface area contributed by atoms with Crippen molar-refractivity contribution in [2.45, 2.75) is 20.3 Å². The third-order valence-electron chi connectivity index (χ3n) is 2.71. The zero-order valence-electron chi connectivity index (χ0n) is 10.1. The Hall–Kier alpha value is -1.61. The molecule has 0 radical (unpaired) electrons. The number of hydrogen-bond acceptors (Lipinski definition) is 2. The summed E-state index contributed by atoms with van der Waals surface area (Å²) in [5.41, 5.74) is 0.838. The number of ketones is 1. The van der Waals surface area contributed by atoms with E-state index in [0.29, 0.717) is 27.7 Å². The van der Waals surface area contributed by atoms with Crippen LogP contribution in [-0.2, 0) is 6.42 Å². The highest BCUT2D eigenvalue weighted by molar-refractivity contribution is 6.30. The van der Waals surface area contributed by atoms with E-state index in [1.54, 1.807) is 26.0 Å². The Labute approximate surface area is 109 Å². The van der Waals surface area contributed by atoms with Crippen molar-refractivity contribution in [3.8, 4) is 0 Å². The van der Waals surface area contributed by atoms with Gasteiger partial charge in [-0.15, -0.1) is 0 Å². The Bertz CT molecular complexity index is 602. The van der Waals surface area contributed by atoms with Gasteiger partial charge in [0, 0.05) is 11.4 Å². The van der Waals surface area contributed by atoms with E-state index >= 15 is 0 Å². The SMILES string of the molecule is Cc1cc(C(=O)Cc2ccc(Cl)cc2F)c(C)o1. The summed E-state index contributed by atoms with van der Waals surface area (Å²) in [6.07, 6.45) is 0.00279. The quantitative estimate of drug-likeness (QED) is 0.783. The number of carbonyl (C=O) groups is 1. The zero-order valence-corrected chi connectivity index (χ0v) is 10.8. The number of hydrogen-bond donors (Lipinski definition) is 0. The molecule has 4 heteroatoms. The van der Waals surface area contributed by atoms with Crippen molar-refractivity contribution in [1.29, 1.82) is 0 Å². The molecule has 2 nitrogen and oxygen atoms in total. The van der Waals surface area contributed by atoms with Crippen LogP contribution in [0.5, 0.6) is 0 Å². The highest BCUT2D eigenvalue weighted by Crippen LogP contribution is 2.19. The monoisotopic (exact) mass is 266 g/mol. The smallest absolute Gasteiger partial charge is 0.170 e. The molecule has 0 aliphatic heterocycles. The fourth-order valence-electron chi connectivity index (χ4n) is 1.84. The highest BCUT2D eigenvalue weighted by Gasteiger charge is 2.15. The Morgan fingerprint density at radius 1 is 1.33 bits per heavy atom. The van der Waals surface area contributed by atoms with Crippen molar-refractivity contribution in [2.24, 2.45) is 0 Å². The van der Waals surface area contributed by atoms with Crippen LogP contribution in [0, 0.1) is 19.7 Å². The number of aryl methyl sites for hydroxylation is 2. The molecule has 0 N–H and O–H groups in total. The van der Waals surface area contributed by atoms with Gasteiger partial charge in [0.1, 0.15) is 17.3 Å². The molecule has 0 saturated heterocycles. The second-order valence-electron chi connectivity index (χ2n) is 4.16. The molecule has 0 bridgehead atoms. The van der Waals surface area contributed by atoms with Gasteiger partial charge >= 0.3 is 0 Å². The van der Waals surface area contributed by atoms with Crippen LogP contribution in [0.4, 0.5) is 4.39 Å². The predicted octanol–water partition coefficient (Wildman–Crippen LogP) is 4.11. The highest BCUT2D eigenvalue weighted by atomic mass is 35.5. The molecule has 2 aromatic rings. The predicted molar refractivity (Wildman–Crippen MR) is 67.6 cm³/mol. The van der Waals surface area contributed by atoms with Gasteiger partial charge in [0.2, 0.25) is 0 Å². The third kappa shape index (κ3) is 2.62. The van der Waals surface area contributed by atoms with Crippen molar-refractivity contribution in [2.75, 3.05) is 0 Å². The van der Waals surface area contributed by atoms with Crippen LogP contribution >= 0.6 is 11.6 Å². The Morgan fingerprint density at radius 3 is 2.61 bits per heavy atom. The molecule has 0 atom stereocenters. The molecule has 2 rings (SSSR count). The van der Waals surface area contributed by atoms with E-state index in [0.717, 1.165) is 0 Å². The lowest BCUT2D eigenvalue weighted by molar-refractivity contribution is 0.0990. The number of carbonyl (C=O) groups excluding carboxylic acids is 1. The minimum atomic E-state index is -0.464. The maximum atomic E-state index is 13.6. The number of halogens is 2. The zero-order chi connectivity index (χ0) is 13.3. The molecule has 0 spiro atoms. The third-order valence-corrected chi connectivity index (χ3v) is 2.94. The van der Waals surface area contributed by atoms with Crippen molar-refractivity contribution in [3.63, 3.8) is 0 Å². The van der Waals surface area contributed by atoms with Crippen LogP contribution < -0.4 is 0 Å². The van der Waals surface area contributed by atoms with Crippen LogP contribution in [-0.4, -0.2) is 5.78 Å². The minimum absolute atomic E-state index is 0.00279. The van der Waals surface area contributed by atoms with Crippen LogP contribution in [0.3, 0.4) is 0 Å². The largest absolute Gasteiger partial charge is 0.466 e. The molecule has 1 aromatic carbocycles. The summed E-state index contributed by atoms with van der Waals surface area (Å²) in [5, 5.41) is 0.319. The average molecular weight is 267 g/mol. The van der Waals surface area contributed by atoms with E-state index < -0.39 is 5.82 Å². The number of benzene rings is 1. The van der Waals surface area contributed by atoms with Crippen molar-refractivity contribution < 1.29 is 13.6 Å². The van der Waals surface area contributed by atoms with Crippen LogP contribution in [0.2, 0.25) is 5.02 Å². The topological polar surface area (TPSA) is 30.2 Å². The number of rotatable bonds is 3. The van der Waals surface area contributed by atoms with Gasteiger partial charge in [0.25, 0.3) is 0 Å². The standard InChI is InChI=1S/C14H12ClFO2/c1-8-5-12(9(2)18-8)14(17)6-10-3-4-11(15)7-13(10)16/h3-5,7H,6H2,1-2H3. The minimum Gasteiger partial charge on any atom is -0.466 e. The van der Waals surface area contributed by atoms with Crippen LogP contribution in [0.1, 0.15) is 27.4 Å². The normalized spacial score (nSPS) is 10.7. The van der Waals surface area contributed by atoms with Gasteiger partial charge in [0.05, 0.1) is 5.56 Å². The molecular weight excluding hydrogens is 255 g/mol. The van der Waals surface area contributed by atoms with Crippen molar-refractivity contribution in [3.05, 3.63) is 57.8 Å². The van der Waals surface area contributed by atoms with Crippen LogP contribution in [0.15, 0.2) is 28.7 Å². The molecule has 94 valence electrons. The summed E-state index contributed by atoms with van der Waals surface area (Å²) in [6.45, 7) is 3.49. The Morgan fingerprint density at radius 2 is 2.06 bits per heavy atom. The van der Waals surface area contributed by atoms with Crippen LogP contribution in [0.25, 0.3) is 0 Å². The number of furan rings is 1. The summed E-state index contributed by atoms with van der Waals surface area (Å²) < 4.78 is 18.9. The Balaban J connectivity index is 2.24. The van der Waals surface area contributed by atoms with Crippen molar-refractivity contribution >= 4 is 17.4 Å². The Kier molecular flexibility index (Phi) is 3.53. The first-order valence-electron chi connectivity index (χ1n) is 5.51. The number of Topliss-reactive ketones (excluding diaryl/α,β-unsaturated/α-hetero) is 1. The first kappa shape index (κ1) is 12.8. The molecule has 0 aliphatic rings. The van der Waals surface area contributed by atoms with E-state index in [1.807, 2.05) is 0 Å². The fourth-order valence-corrected chi connectivity index (χ4v) is 2.00. The molecule has 18 heavy (non-hydrogen) atoms. The second-order valence-corrected chi connectivity index (χ2v) is 4.60. The van der Waals surface area contributed by atoms with E-state index in [1.165, 1.54) is 12.1 Å². The van der Waals surface area contributed by atoms with Crippen molar-refractivity contribution in [1.82, 2.24) is 0 Å². The maximum absolute atomic E-state index is 13.6. The molecule has 0 fully saturated rings.